The molecule has 0 saturated carbocycles. The lowest BCUT2D eigenvalue weighted by Crippen LogP contribution is -2.50. The first-order chi connectivity index (χ1) is 10.8. The standard InChI is InChI=1S/C17H29N3O2/c18-17(14-16-4-2-1-3-5-16)15-20-8-6-19(7-9-20)10-12-22-13-11-21/h1-5,17,21H,6-15,18H2/t17-/m0/s1. The summed E-state index contributed by atoms with van der Waals surface area (Å²) >= 11 is 0. The van der Waals surface area contributed by atoms with E-state index in [1.54, 1.807) is 0 Å². The summed E-state index contributed by atoms with van der Waals surface area (Å²) in [4.78, 5) is 4.87. The molecule has 124 valence electrons. The van der Waals surface area contributed by atoms with E-state index in [2.05, 4.69) is 34.1 Å². The summed E-state index contributed by atoms with van der Waals surface area (Å²) in [6, 6.07) is 10.7. The van der Waals surface area contributed by atoms with Crippen LogP contribution in [0.1, 0.15) is 5.56 Å². The molecule has 1 heterocycles. The molecule has 0 aliphatic carbocycles. The Labute approximate surface area is 133 Å². The summed E-state index contributed by atoms with van der Waals surface area (Å²) in [6.45, 7) is 7.44. The molecule has 3 N–H and O–H groups in total. The molecule has 1 aromatic carbocycles. The Bertz CT molecular complexity index is 394. The van der Waals surface area contributed by atoms with E-state index in [1.807, 2.05) is 6.07 Å². The Balaban J connectivity index is 1.60. The minimum absolute atomic E-state index is 0.104. The molecule has 22 heavy (non-hydrogen) atoms. The molecule has 1 aliphatic rings. The van der Waals surface area contributed by atoms with E-state index in [4.69, 9.17) is 15.6 Å². The first kappa shape index (κ1) is 17.4. The van der Waals surface area contributed by atoms with E-state index in [0.29, 0.717) is 13.2 Å². The number of nitrogens with two attached hydrogens (primary N) is 1. The van der Waals surface area contributed by atoms with Gasteiger partial charge < -0.3 is 15.6 Å². The van der Waals surface area contributed by atoms with Gasteiger partial charge in [-0.1, -0.05) is 30.3 Å². The van der Waals surface area contributed by atoms with Crippen molar-refractivity contribution < 1.29 is 9.84 Å². The minimum atomic E-state index is 0.104. The van der Waals surface area contributed by atoms with E-state index in [0.717, 1.165) is 45.7 Å². The van der Waals surface area contributed by atoms with Gasteiger partial charge in [0.05, 0.1) is 19.8 Å². The molecule has 0 spiro atoms. The summed E-state index contributed by atoms with van der Waals surface area (Å²) in [5.74, 6) is 0. The largest absolute Gasteiger partial charge is 0.394 e. The van der Waals surface area contributed by atoms with Crippen LogP contribution in [0.15, 0.2) is 30.3 Å². The predicted molar refractivity (Wildman–Crippen MR) is 88.9 cm³/mol. The van der Waals surface area contributed by atoms with Gasteiger partial charge in [0.1, 0.15) is 0 Å². The highest BCUT2D eigenvalue weighted by Gasteiger charge is 2.18. The molecule has 1 atom stereocenters. The second kappa shape index (κ2) is 9.92. The number of aliphatic hydroxyl groups excluding tert-OH is 1. The summed E-state index contributed by atoms with van der Waals surface area (Å²) in [6.07, 6.45) is 0.941. The third-order valence-corrected chi connectivity index (χ3v) is 4.09. The van der Waals surface area contributed by atoms with Gasteiger partial charge in [-0.2, -0.15) is 0 Å². The molecule has 0 radical (unpaired) electrons. The number of hydrogen-bond donors (Lipinski definition) is 2. The van der Waals surface area contributed by atoms with E-state index in [1.165, 1.54) is 5.56 Å². The maximum atomic E-state index is 8.67. The maximum Gasteiger partial charge on any atom is 0.0698 e. The Hall–Kier alpha value is -0.980. The highest BCUT2D eigenvalue weighted by atomic mass is 16.5. The average Bonchev–Trinajstić information content (AvgIpc) is 2.54. The van der Waals surface area contributed by atoms with E-state index < -0.39 is 0 Å². The number of aliphatic hydroxyl groups is 1. The Morgan fingerprint density at radius 3 is 2.41 bits per heavy atom. The zero-order chi connectivity index (χ0) is 15.6. The Kier molecular flexibility index (Phi) is 7.83. The zero-order valence-electron chi connectivity index (χ0n) is 13.4. The third-order valence-electron chi connectivity index (χ3n) is 4.09. The Morgan fingerprint density at radius 1 is 1.05 bits per heavy atom. The SMILES string of the molecule is N[C@@H](Cc1ccccc1)CN1CCN(CCOCCO)CC1. The molecule has 1 fully saturated rings. The lowest BCUT2D eigenvalue weighted by atomic mass is 10.1. The van der Waals surface area contributed by atoms with Gasteiger partial charge in [0, 0.05) is 45.3 Å². The number of piperazine rings is 1. The van der Waals surface area contributed by atoms with Gasteiger partial charge in [-0.3, -0.25) is 9.80 Å². The number of hydrogen-bond acceptors (Lipinski definition) is 5. The minimum Gasteiger partial charge on any atom is -0.394 e. The highest BCUT2D eigenvalue weighted by molar-refractivity contribution is 5.15. The van der Waals surface area contributed by atoms with Crippen molar-refractivity contribution in [3.05, 3.63) is 35.9 Å². The molecule has 5 nitrogen and oxygen atoms in total. The van der Waals surface area contributed by atoms with Crippen molar-refractivity contribution in [3.8, 4) is 0 Å². The van der Waals surface area contributed by atoms with Crippen LogP contribution in [0.3, 0.4) is 0 Å². The number of rotatable bonds is 9. The monoisotopic (exact) mass is 307 g/mol. The average molecular weight is 307 g/mol. The summed E-state index contributed by atoms with van der Waals surface area (Å²) < 4.78 is 5.32. The first-order valence-electron chi connectivity index (χ1n) is 8.21. The predicted octanol–water partition coefficient (Wildman–Crippen LogP) is 0.183. The van der Waals surface area contributed by atoms with Crippen molar-refractivity contribution in [1.29, 1.82) is 0 Å². The second-order valence-corrected chi connectivity index (χ2v) is 5.93. The van der Waals surface area contributed by atoms with E-state index in [-0.39, 0.29) is 12.6 Å². The van der Waals surface area contributed by atoms with Crippen molar-refractivity contribution >= 4 is 0 Å². The maximum absolute atomic E-state index is 8.67. The van der Waals surface area contributed by atoms with Crippen LogP contribution >= 0.6 is 0 Å². The van der Waals surface area contributed by atoms with Crippen LogP contribution < -0.4 is 5.73 Å². The molecule has 0 bridgehead atoms. The first-order valence-corrected chi connectivity index (χ1v) is 8.21. The van der Waals surface area contributed by atoms with Gasteiger partial charge in [-0.15, -0.1) is 0 Å². The smallest absolute Gasteiger partial charge is 0.0698 e. The number of benzene rings is 1. The lowest BCUT2D eigenvalue weighted by molar-refractivity contribution is 0.0567. The van der Waals surface area contributed by atoms with Crippen molar-refractivity contribution in [2.75, 3.05) is 59.1 Å². The van der Waals surface area contributed by atoms with Gasteiger partial charge in [0.25, 0.3) is 0 Å². The molecule has 0 unspecified atom stereocenters. The van der Waals surface area contributed by atoms with E-state index >= 15 is 0 Å². The fourth-order valence-corrected chi connectivity index (χ4v) is 2.87. The van der Waals surface area contributed by atoms with Crippen molar-refractivity contribution in [2.24, 2.45) is 5.73 Å². The van der Waals surface area contributed by atoms with Gasteiger partial charge in [0.15, 0.2) is 0 Å². The van der Waals surface area contributed by atoms with Crippen LogP contribution in [0.4, 0.5) is 0 Å². The van der Waals surface area contributed by atoms with Gasteiger partial charge in [0.2, 0.25) is 0 Å². The molecular weight excluding hydrogens is 278 g/mol. The Morgan fingerprint density at radius 2 is 1.73 bits per heavy atom. The van der Waals surface area contributed by atoms with Crippen LogP contribution in [0, 0.1) is 0 Å². The quantitative estimate of drug-likeness (QED) is 0.638. The van der Waals surface area contributed by atoms with Gasteiger partial charge >= 0.3 is 0 Å². The number of ether oxygens (including phenoxy) is 1. The highest BCUT2D eigenvalue weighted by Crippen LogP contribution is 2.06. The summed E-state index contributed by atoms with van der Waals surface area (Å²) in [5.41, 5.74) is 7.60. The van der Waals surface area contributed by atoms with Crippen molar-refractivity contribution in [1.82, 2.24) is 9.80 Å². The van der Waals surface area contributed by atoms with Gasteiger partial charge in [-0.25, -0.2) is 0 Å². The number of nitrogens with zero attached hydrogens (tertiary/aromatic N) is 2. The molecule has 2 rings (SSSR count). The lowest BCUT2D eigenvalue weighted by Gasteiger charge is -2.35. The van der Waals surface area contributed by atoms with Crippen LogP contribution in [0.2, 0.25) is 0 Å². The normalized spacial score (nSPS) is 18.5. The molecule has 1 saturated heterocycles. The molecule has 1 aromatic rings. The second-order valence-electron chi connectivity index (χ2n) is 5.93. The molecule has 0 amide bonds. The van der Waals surface area contributed by atoms with Crippen LogP contribution in [0.5, 0.6) is 0 Å². The fraction of sp³-hybridized carbons (Fsp3) is 0.647. The fourth-order valence-electron chi connectivity index (χ4n) is 2.87. The molecule has 5 heteroatoms. The molecule has 1 aliphatic heterocycles. The van der Waals surface area contributed by atoms with Gasteiger partial charge in [-0.05, 0) is 12.0 Å². The van der Waals surface area contributed by atoms with E-state index in [9.17, 15) is 0 Å². The van der Waals surface area contributed by atoms with Crippen LogP contribution in [0.25, 0.3) is 0 Å². The topological polar surface area (TPSA) is 62.0 Å². The van der Waals surface area contributed by atoms with Crippen molar-refractivity contribution in [3.63, 3.8) is 0 Å². The third kappa shape index (κ3) is 6.42. The van der Waals surface area contributed by atoms with Crippen LogP contribution in [-0.2, 0) is 11.2 Å². The van der Waals surface area contributed by atoms with Crippen LogP contribution in [-0.4, -0.2) is 80.0 Å². The summed E-state index contributed by atoms with van der Waals surface area (Å²) in [7, 11) is 0. The summed E-state index contributed by atoms with van der Waals surface area (Å²) in [5, 5.41) is 8.67. The zero-order valence-corrected chi connectivity index (χ0v) is 13.4. The van der Waals surface area contributed by atoms with Crippen molar-refractivity contribution in [2.45, 2.75) is 12.5 Å². The molecular formula is C17H29N3O2. The molecule has 0 aromatic heterocycles.